The first kappa shape index (κ1) is 16.7. The van der Waals surface area contributed by atoms with Crippen molar-refractivity contribution in [1.29, 1.82) is 0 Å². The van der Waals surface area contributed by atoms with Gasteiger partial charge in [0.05, 0.1) is 6.42 Å². The highest BCUT2D eigenvalue weighted by Gasteiger charge is 2.35. The molecule has 0 spiro atoms. The van der Waals surface area contributed by atoms with Crippen LogP contribution in [0.1, 0.15) is 18.9 Å². The molecule has 0 saturated carbocycles. The number of nitrogens with one attached hydrogen (secondary N) is 2. The van der Waals surface area contributed by atoms with Crippen molar-refractivity contribution in [2.75, 3.05) is 5.32 Å². The molecular weight excluding hydrogens is 342 g/mol. The number of carbonyl (C=O) groups is 1. The molecule has 1 heterocycles. The monoisotopic (exact) mass is 361 g/mol. The van der Waals surface area contributed by atoms with Crippen molar-refractivity contribution in [2.45, 2.75) is 18.2 Å². The predicted octanol–water partition coefficient (Wildman–Crippen LogP) is 4.58. The van der Waals surface area contributed by atoms with Gasteiger partial charge in [-0.05, 0) is 29.8 Å². The summed E-state index contributed by atoms with van der Waals surface area (Å²) in [6.45, 7) is 2.00. The minimum atomic E-state index is -0.467. The minimum Gasteiger partial charge on any atom is -0.326 e. The van der Waals surface area contributed by atoms with Crippen LogP contribution in [0, 0.1) is 0 Å². The topological polar surface area (TPSA) is 53.5 Å². The zero-order valence-electron chi connectivity index (χ0n) is 14.4. The maximum atomic E-state index is 12.4. The molecule has 0 bridgehead atoms. The van der Waals surface area contributed by atoms with Crippen LogP contribution in [0.5, 0.6) is 0 Å². The molecule has 0 radical (unpaired) electrons. The number of hydrogen-bond donors (Lipinski definition) is 2. The van der Waals surface area contributed by atoms with Gasteiger partial charge in [0.15, 0.2) is 0 Å². The molecule has 0 saturated heterocycles. The summed E-state index contributed by atoms with van der Waals surface area (Å²) < 4.78 is 0. The van der Waals surface area contributed by atoms with Crippen molar-refractivity contribution >= 4 is 39.2 Å². The zero-order valence-corrected chi connectivity index (χ0v) is 15.2. The molecule has 1 aliphatic rings. The second-order valence-electron chi connectivity index (χ2n) is 6.48. The van der Waals surface area contributed by atoms with Crippen molar-refractivity contribution in [3.05, 3.63) is 78.4 Å². The van der Waals surface area contributed by atoms with Crippen molar-refractivity contribution in [3.8, 4) is 0 Å². The van der Waals surface area contributed by atoms with Crippen LogP contribution in [0.2, 0.25) is 0 Å². The van der Waals surface area contributed by atoms with Crippen LogP contribution < -0.4 is 10.7 Å². The molecular formula is C21H19N3OS. The lowest BCUT2D eigenvalue weighted by molar-refractivity contribution is -0.116. The van der Waals surface area contributed by atoms with Crippen LogP contribution in [0.3, 0.4) is 0 Å². The van der Waals surface area contributed by atoms with E-state index in [1.54, 1.807) is 11.8 Å². The van der Waals surface area contributed by atoms with Crippen LogP contribution in [0.25, 0.3) is 10.8 Å². The third-order valence-corrected chi connectivity index (χ3v) is 5.48. The van der Waals surface area contributed by atoms with E-state index in [0.29, 0.717) is 6.42 Å². The fraction of sp³-hybridized carbons (Fsp3) is 0.143. The van der Waals surface area contributed by atoms with Crippen molar-refractivity contribution in [3.63, 3.8) is 0 Å². The SMILES string of the molecule is CC1(CC(=O)Nc2ccccc2)NN=C(c2cccc3ccccc23)S1. The molecule has 26 heavy (non-hydrogen) atoms. The number of hydrazone groups is 1. The summed E-state index contributed by atoms with van der Waals surface area (Å²) in [6, 6.07) is 24.0. The van der Waals surface area contributed by atoms with Crippen LogP contribution >= 0.6 is 11.8 Å². The Morgan fingerprint density at radius 1 is 1.04 bits per heavy atom. The third kappa shape index (κ3) is 3.44. The third-order valence-electron chi connectivity index (χ3n) is 4.29. The van der Waals surface area contributed by atoms with Gasteiger partial charge in [-0.2, -0.15) is 5.10 Å². The quantitative estimate of drug-likeness (QED) is 0.715. The minimum absolute atomic E-state index is 0.0342. The number of rotatable bonds is 4. The fourth-order valence-corrected chi connectivity index (χ4v) is 4.16. The van der Waals surface area contributed by atoms with E-state index < -0.39 is 4.87 Å². The number of amides is 1. The van der Waals surface area contributed by atoms with Crippen molar-refractivity contribution in [1.82, 2.24) is 5.43 Å². The maximum Gasteiger partial charge on any atom is 0.227 e. The van der Waals surface area contributed by atoms with Crippen LogP contribution in [-0.2, 0) is 4.79 Å². The summed E-state index contributed by atoms with van der Waals surface area (Å²) in [7, 11) is 0. The summed E-state index contributed by atoms with van der Waals surface area (Å²) in [5, 5.41) is 10.7. The number of hydrogen-bond acceptors (Lipinski definition) is 4. The average Bonchev–Trinajstić information content (AvgIpc) is 3.03. The highest BCUT2D eigenvalue weighted by Crippen LogP contribution is 2.36. The second kappa shape index (κ2) is 6.84. The number of nitrogens with zero attached hydrogens (tertiary/aromatic N) is 1. The first-order valence-electron chi connectivity index (χ1n) is 8.50. The molecule has 5 heteroatoms. The van der Waals surface area contributed by atoms with Gasteiger partial charge in [0.25, 0.3) is 0 Å². The molecule has 0 fully saturated rings. The van der Waals surface area contributed by atoms with Gasteiger partial charge in [0.1, 0.15) is 9.91 Å². The smallest absolute Gasteiger partial charge is 0.227 e. The Labute approximate surface area is 156 Å². The molecule has 3 aromatic rings. The van der Waals surface area contributed by atoms with Gasteiger partial charge in [0, 0.05) is 11.3 Å². The summed E-state index contributed by atoms with van der Waals surface area (Å²) in [6.07, 6.45) is 0.324. The maximum absolute atomic E-state index is 12.4. The normalized spacial score (nSPS) is 19.0. The van der Waals surface area contributed by atoms with Gasteiger partial charge in [0.2, 0.25) is 5.91 Å². The Bertz CT molecular complexity index is 981. The largest absolute Gasteiger partial charge is 0.326 e. The Hall–Kier alpha value is -2.79. The fourth-order valence-electron chi connectivity index (χ4n) is 3.06. The zero-order chi connectivity index (χ0) is 18.0. The lowest BCUT2D eigenvalue weighted by Crippen LogP contribution is -2.36. The molecule has 1 aliphatic heterocycles. The molecule has 2 N–H and O–H groups in total. The summed E-state index contributed by atoms with van der Waals surface area (Å²) in [4.78, 5) is 11.9. The van der Waals surface area contributed by atoms with E-state index >= 15 is 0 Å². The molecule has 3 aromatic carbocycles. The first-order valence-corrected chi connectivity index (χ1v) is 9.32. The predicted molar refractivity (Wildman–Crippen MR) is 109 cm³/mol. The van der Waals surface area contributed by atoms with Gasteiger partial charge in [-0.15, -0.1) is 0 Å². The van der Waals surface area contributed by atoms with Gasteiger partial charge in [-0.25, -0.2) is 0 Å². The highest BCUT2D eigenvalue weighted by molar-refractivity contribution is 8.15. The van der Waals surface area contributed by atoms with E-state index in [-0.39, 0.29) is 5.91 Å². The highest BCUT2D eigenvalue weighted by atomic mass is 32.2. The number of carbonyl (C=O) groups excluding carboxylic acids is 1. The lowest BCUT2D eigenvalue weighted by Gasteiger charge is -2.22. The second-order valence-corrected chi connectivity index (χ2v) is 7.97. The Kier molecular flexibility index (Phi) is 4.39. The molecule has 1 unspecified atom stereocenters. The lowest BCUT2D eigenvalue weighted by atomic mass is 10.1. The van der Waals surface area contributed by atoms with Gasteiger partial charge in [-0.3, -0.25) is 10.2 Å². The van der Waals surface area contributed by atoms with E-state index in [9.17, 15) is 4.79 Å². The number of anilines is 1. The Morgan fingerprint density at radius 2 is 1.77 bits per heavy atom. The van der Waals surface area contributed by atoms with Gasteiger partial charge in [-0.1, -0.05) is 72.4 Å². The number of para-hydroxylation sites is 1. The van der Waals surface area contributed by atoms with E-state index in [1.807, 2.05) is 55.5 Å². The molecule has 4 nitrogen and oxygen atoms in total. The standard InChI is InChI=1S/C21H19N3OS/c1-21(14-19(25)22-16-10-3-2-4-11-16)24-23-20(26-21)18-13-7-9-15-8-5-6-12-17(15)18/h2-13,24H,14H2,1H3,(H,22,25). The van der Waals surface area contributed by atoms with E-state index in [4.69, 9.17) is 0 Å². The van der Waals surface area contributed by atoms with E-state index in [1.165, 1.54) is 10.8 Å². The molecule has 4 rings (SSSR count). The molecule has 0 aliphatic carbocycles. The van der Waals surface area contributed by atoms with Crippen LogP contribution in [0.4, 0.5) is 5.69 Å². The summed E-state index contributed by atoms with van der Waals surface area (Å²) in [5.41, 5.74) is 5.05. The average molecular weight is 361 g/mol. The summed E-state index contributed by atoms with van der Waals surface area (Å²) >= 11 is 1.60. The molecule has 1 amide bonds. The van der Waals surface area contributed by atoms with Crippen LogP contribution in [0.15, 0.2) is 77.9 Å². The Balaban J connectivity index is 1.49. The number of fused-ring (bicyclic) bond motifs is 1. The molecule has 0 aromatic heterocycles. The molecule has 1 atom stereocenters. The van der Waals surface area contributed by atoms with Crippen molar-refractivity contribution in [2.24, 2.45) is 5.10 Å². The molecule has 130 valence electrons. The number of thioether (sulfide) groups is 1. The van der Waals surface area contributed by atoms with Crippen LogP contribution in [-0.4, -0.2) is 15.8 Å². The summed E-state index contributed by atoms with van der Waals surface area (Å²) in [5.74, 6) is -0.0342. The van der Waals surface area contributed by atoms with E-state index in [0.717, 1.165) is 16.3 Å². The van der Waals surface area contributed by atoms with Gasteiger partial charge >= 0.3 is 0 Å². The van der Waals surface area contributed by atoms with Crippen molar-refractivity contribution < 1.29 is 4.79 Å². The number of benzene rings is 3. The first-order chi connectivity index (χ1) is 12.6. The Morgan fingerprint density at radius 3 is 2.62 bits per heavy atom. The van der Waals surface area contributed by atoms with E-state index in [2.05, 4.69) is 40.1 Å². The van der Waals surface area contributed by atoms with Gasteiger partial charge < -0.3 is 5.32 Å².